The smallest absolute Gasteiger partial charge is 0.237 e. The van der Waals surface area contributed by atoms with E-state index in [4.69, 9.17) is 0 Å². The van der Waals surface area contributed by atoms with Crippen molar-refractivity contribution in [3.05, 3.63) is 71.0 Å². The average Bonchev–Trinajstić information content (AvgIpc) is 3.18. The summed E-state index contributed by atoms with van der Waals surface area (Å²) in [7, 11) is 0. The van der Waals surface area contributed by atoms with Crippen molar-refractivity contribution in [1.29, 1.82) is 0 Å². The summed E-state index contributed by atoms with van der Waals surface area (Å²) in [4.78, 5) is 17.3. The molecule has 1 saturated heterocycles. The Balaban J connectivity index is 1.67. The van der Waals surface area contributed by atoms with Crippen LogP contribution in [0.1, 0.15) is 41.8 Å². The van der Waals surface area contributed by atoms with Crippen molar-refractivity contribution in [2.45, 2.75) is 38.6 Å². The van der Waals surface area contributed by atoms with Crippen LogP contribution in [0.2, 0.25) is 0 Å². The van der Waals surface area contributed by atoms with Gasteiger partial charge in [-0.15, -0.1) is 11.8 Å². The van der Waals surface area contributed by atoms with Crippen LogP contribution in [-0.2, 0) is 11.3 Å². The highest BCUT2D eigenvalue weighted by atomic mass is 32.2. The molecule has 28 heavy (non-hydrogen) atoms. The number of nitrogens with zero attached hydrogens (tertiary/aromatic N) is 2. The molecule has 2 aromatic rings. The lowest BCUT2D eigenvalue weighted by atomic mass is 10.1. The molecule has 2 aromatic carbocycles. The Morgan fingerprint density at radius 3 is 2.57 bits per heavy atom. The van der Waals surface area contributed by atoms with Crippen molar-refractivity contribution in [2.75, 3.05) is 25.4 Å². The molecule has 1 atom stereocenters. The van der Waals surface area contributed by atoms with E-state index in [9.17, 15) is 9.18 Å². The predicted molar refractivity (Wildman–Crippen MR) is 115 cm³/mol. The van der Waals surface area contributed by atoms with Gasteiger partial charge in [0.15, 0.2) is 0 Å². The van der Waals surface area contributed by atoms with Crippen LogP contribution in [0.5, 0.6) is 0 Å². The normalized spacial score (nSPS) is 16.7. The maximum Gasteiger partial charge on any atom is 0.237 e. The molecule has 3 nitrogen and oxygen atoms in total. The molecule has 1 fully saturated rings. The van der Waals surface area contributed by atoms with Crippen LogP contribution in [0, 0.1) is 12.7 Å². The van der Waals surface area contributed by atoms with E-state index in [0.717, 1.165) is 43.8 Å². The highest BCUT2D eigenvalue weighted by Crippen LogP contribution is 2.37. The fourth-order valence-electron chi connectivity index (χ4n) is 3.46. The molecule has 1 heterocycles. The number of rotatable bonds is 8. The van der Waals surface area contributed by atoms with Crippen LogP contribution in [0.4, 0.5) is 4.39 Å². The number of halogens is 1. The van der Waals surface area contributed by atoms with Gasteiger partial charge in [-0.3, -0.25) is 9.69 Å². The number of amides is 1. The van der Waals surface area contributed by atoms with Crippen molar-refractivity contribution in [2.24, 2.45) is 0 Å². The molecule has 0 N–H and O–H groups in total. The maximum absolute atomic E-state index is 13.3. The molecule has 150 valence electrons. The lowest BCUT2D eigenvalue weighted by Gasteiger charge is -2.28. The van der Waals surface area contributed by atoms with Crippen LogP contribution >= 0.6 is 11.8 Å². The van der Waals surface area contributed by atoms with Gasteiger partial charge < -0.3 is 4.90 Å². The van der Waals surface area contributed by atoms with Gasteiger partial charge in [-0.1, -0.05) is 55.3 Å². The third-order valence-electron chi connectivity index (χ3n) is 5.08. The Morgan fingerprint density at radius 1 is 1.18 bits per heavy atom. The average molecular weight is 401 g/mol. The van der Waals surface area contributed by atoms with E-state index in [0.29, 0.717) is 6.54 Å². The number of benzene rings is 2. The standard InChI is InChI=1S/C23H29FN2OS/c1-3-4-13-25(16-19-7-5-18(2)6-8-19)17-22(27)26-14-15-28-23(26)20-9-11-21(24)12-10-20/h5-12,23H,3-4,13-17H2,1-2H3/t23-/m1/s1. The van der Waals surface area contributed by atoms with E-state index in [-0.39, 0.29) is 17.1 Å². The van der Waals surface area contributed by atoms with Crippen molar-refractivity contribution in [3.63, 3.8) is 0 Å². The molecule has 1 amide bonds. The van der Waals surface area contributed by atoms with Crippen LogP contribution in [-0.4, -0.2) is 41.1 Å². The zero-order valence-corrected chi connectivity index (χ0v) is 17.6. The van der Waals surface area contributed by atoms with Gasteiger partial charge in [0.1, 0.15) is 11.2 Å². The first-order chi connectivity index (χ1) is 13.6. The zero-order valence-electron chi connectivity index (χ0n) is 16.7. The van der Waals surface area contributed by atoms with Crippen LogP contribution in [0.15, 0.2) is 48.5 Å². The Bertz CT molecular complexity index is 763. The van der Waals surface area contributed by atoms with Gasteiger partial charge in [-0.2, -0.15) is 0 Å². The van der Waals surface area contributed by atoms with Crippen molar-refractivity contribution in [3.8, 4) is 0 Å². The molecule has 0 radical (unpaired) electrons. The minimum atomic E-state index is -0.242. The molecular weight excluding hydrogens is 371 g/mol. The minimum Gasteiger partial charge on any atom is -0.325 e. The predicted octanol–water partition coefficient (Wildman–Crippen LogP) is 5.01. The number of unbranched alkanes of at least 4 members (excludes halogenated alkanes) is 1. The van der Waals surface area contributed by atoms with Crippen LogP contribution in [0.3, 0.4) is 0 Å². The third kappa shape index (κ3) is 5.58. The van der Waals surface area contributed by atoms with E-state index in [1.807, 2.05) is 4.90 Å². The van der Waals surface area contributed by atoms with Gasteiger partial charge in [0, 0.05) is 18.8 Å². The molecule has 0 aliphatic carbocycles. The highest BCUT2D eigenvalue weighted by Gasteiger charge is 2.31. The summed E-state index contributed by atoms with van der Waals surface area (Å²) < 4.78 is 13.3. The zero-order chi connectivity index (χ0) is 19.9. The molecule has 0 saturated carbocycles. The van der Waals surface area contributed by atoms with Gasteiger partial charge in [-0.25, -0.2) is 4.39 Å². The van der Waals surface area contributed by atoms with E-state index < -0.39 is 0 Å². The Kier molecular flexibility index (Phi) is 7.51. The molecule has 3 rings (SSSR count). The summed E-state index contributed by atoms with van der Waals surface area (Å²) in [5.41, 5.74) is 3.48. The topological polar surface area (TPSA) is 23.6 Å². The maximum atomic E-state index is 13.3. The molecule has 0 bridgehead atoms. The van der Waals surface area contributed by atoms with E-state index in [1.165, 1.54) is 23.3 Å². The molecule has 0 spiro atoms. The number of hydrogen-bond donors (Lipinski definition) is 0. The number of aryl methyl sites for hydroxylation is 1. The van der Waals surface area contributed by atoms with Gasteiger partial charge >= 0.3 is 0 Å². The second kappa shape index (κ2) is 10.1. The summed E-state index contributed by atoms with van der Waals surface area (Å²) in [6, 6.07) is 15.1. The largest absolute Gasteiger partial charge is 0.325 e. The second-order valence-electron chi connectivity index (χ2n) is 7.41. The fourth-order valence-corrected chi connectivity index (χ4v) is 4.74. The van der Waals surface area contributed by atoms with E-state index >= 15 is 0 Å². The van der Waals surface area contributed by atoms with Gasteiger partial charge in [-0.05, 0) is 43.1 Å². The second-order valence-corrected chi connectivity index (χ2v) is 8.60. The summed E-state index contributed by atoms with van der Waals surface area (Å²) in [5, 5.41) is -0.0134. The SMILES string of the molecule is CCCCN(CC(=O)N1CCS[C@@H]1c1ccc(F)cc1)Cc1ccc(C)cc1. The molecule has 5 heteroatoms. The summed E-state index contributed by atoms with van der Waals surface area (Å²) >= 11 is 1.75. The molecule has 1 aliphatic heterocycles. The van der Waals surface area contributed by atoms with Crippen LogP contribution in [0.25, 0.3) is 0 Å². The molecular formula is C23H29FN2OS. The number of thioether (sulfide) groups is 1. The van der Waals surface area contributed by atoms with E-state index in [1.54, 1.807) is 23.9 Å². The molecule has 0 aromatic heterocycles. The quantitative estimate of drug-likeness (QED) is 0.622. The fraction of sp³-hybridized carbons (Fsp3) is 0.435. The first-order valence-corrected chi connectivity index (χ1v) is 11.1. The number of hydrogen-bond acceptors (Lipinski definition) is 3. The van der Waals surface area contributed by atoms with E-state index in [2.05, 4.69) is 43.0 Å². The monoisotopic (exact) mass is 400 g/mol. The minimum absolute atomic E-state index is 0.0134. The Hall–Kier alpha value is -1.85. The lowest BCUT2D eigenvalue weighted by Crippen LogP contribution is -2.40. The van der Waals surface area contributed by atoms with Gasteiger partial charge in [0.2, 0.25) is 5.91 Å². The van der Waals surface area contributed by atoms with Crippen molar-refractivity contribution < 1.29 is 9.18 Å². The van der Waals surface area contributed by atoms with Gasteiger partial charge in [0.25, 0.3) is 0 Å². The van der Waals surface area contributed by atoms with Gasteiger partial charge in [0.05, 0.1) is 6.54 Å². The Labute approximate surface area is 171 Å². The molecule has 0 unspecified atom stereocenters. The molecule has 1 aliphatic rings. The van der Waals surface area contributed by atoms with Crippen molar-refractivity contribution in [1.82, 2.24) is 9.80 Å². The number of carbonyl (C=O) groups excluding carboxylic acids is 1. The summed E-state index contributed by atoms with van der Waals surface area (Å²) in [6.45, 7) is 7.13. The summed E-state index contributed by atoms with van der Waals surface area (Å²) in [6.07, 6.45) is 2.19. The first kappa shape index (κ1) is 20.9. The third-order valence-corrected chi connectivity index (χ3v) is 6.34. The highest BCUT2D eigenvalue weighted by molar-refractivity contribution is 7.99. The number of carbonyl (C=O) groups is 1. The lowest BCUT2D eigenvalue weighted by molar-refractivity contribution is -0.132. The first-order valence-electron chi connectivity index (χ1n) is 10.0. The van der Waals surface area contributed by atoms with Crippen molar-refractivity contribution >= 4 is 17.7 Å². The summed E-state index contributed by atoms with van der Waals surface area (Å²) in [5.74, 6) is 0.830. The van der Waals surface area contributed by atoms with Crippen LogP contribution < -0.4 is 0 Å². The Morgan fingerprint density at radius 2 is 1.89 bits per heavy atom.